The number of hydrogen-bond donors (Lipinski definition) is 1. The number of ether oxygens (including phenoxy) is 1. The molecule has 1 aromatic rings. The Hall–Kier alpha value is -0.970. The Balaban J connectivity index is 1.61. The summed E-state index contributed by atoms with van der Waals surface area (Å²) in [7, 11) is 0. The first-order valence-corrected chi connectivity index (χ1v) is 8.59. The molecule has 0 amide bonds. The van der Waals surface area contributed by atoms with Crippen LogP contribution < -0.4 is 5.32 Å². The van der Waals surface area contributed by atoms with Crippen molar-refractivity contribution >= 4 is 0 Å². The van der Waals surface area contributed by atoms with Gasteiger partial charge in [-0.05, 0) is 62.4 Å². The van der Waals surface area contributed by atoms with Gasteiger partial charge in [-0.1, -0.05) is 12.1 Å². The van der Waals surface area contributed by atoms with E-state index in [1.54, 1.807) is 12.1 Å². The molecule has 0 bridgehead atoms. The van der Waals surface area contributed by atoms with E-state index in [1.807, 2.05) is 6.07 Å². The molecule has 2 aliphatic heterocycles. The predicted molar refractivity (Wildman–Crippen MR) is 86.2 cm³/mol. The highest BCUT2D eigenvalue weighted by atomic mass is 19.1. The molecule has 0 saturated carbocycles. The van der Waals surface area contributed by atoms with Crippen molar-refractivity contribution in [3.63, 3.8) is 0 Å². The van der Waals surface area contributed by atoms with Crippen LogP contribution in [0.25, 0.3) is 0 Å². The lowest BCUT2D eigenvalue weighted by atomic mass is 9.97. The summed E-state index contributed by atoms with van der Waals surface area (Å²) in [5.41, 5.74) is 1.06. The van der Waals surface area contributed by atoms with E-state index in [9.17, 15) is 4.39 Å². The number of halogens is 1. The SMILES string of the molecule is Fc1cccc(CN(CC2CCNCC2)CC2CCCO2)c1. The molecule has 0 aromatic heterocycles. The van der Waals surface area contributed by atoms with Gasteiger partial charge in [0.2, 0.25) is 0 Å². The van der Waals surface area contributed by atoms with Gasteiger partial charge in [0.25, 0.3) is 0 Å². The highest BCUT2D eigenvalue weighted by Crippen LogP contribution is 2.19. The summed E-state index contributed by atoms with van der Waals surface area (Å²) in [6.45, 7) is 6.03. The fourth-order valence-corrected chi connectivity index (χ4v) is 3.60. The maximum absolute atomic E-state index is 13.4. The van der Waals surface area contributed by atoms with Crippen molar-refractivity contribution in [3.8, 4) is 0 Å². The Bertz CT molecular complexity index is 456. The normalized spacial score (nSPS) is 23.3. The topological polar surface area (TPSA) is 24.5 Å². The molecular weight excluding hydrogens is 279 g/mol. The first-order chi connectivity index (χ1) is 10.8. The molecule has 2 fully saturated rings. The van der Waals surface area contributed by atoms with Gasteiger partial charge in [-0.15, -0.1) is 0 Å². The standard InChI is InChI=1S/C18H27FN2O/c19-17-4-1-3-16(11-17)13-21(14-18-5-2-10-22-18)12-15-6-8-20-9-7-15/h1,3-4,11,15,18,20H,2,5-10,12-14H2. The Morgan fingerprint density at radius 3 is 2.77 bits per heavy atom. The minimum absolute atomic E-state index is 0.142. The van der Waals surface area contributed by atoms with Crippen molar-refractivity contribution in [2.24, 2.45) is 5.92 Å². The van der Waals surface area contributed by atoms with Crippen LogP contribution in [0.5, 0.6) is 0 Å². The van der Waals surface area contributed by atoms with Crippen LogP contribution >= 0.6 is 0 Å². The number of hydrogen-bond acceptors (Lipinski definition) is 3. The second kappa shape index (κ2) is 8.04. The van der Waals surface area contributed by atoms with Gasteiger partial charge in [-0.3, -0.25) is 4.90 Å². The van der Waals surface area contributed by atoms with Gasteiger partial charge >= 0.3 is 0 Å². The number of nitrogens with one attached hydrogen (secondary N) is 1. The van der Waals surface area contributed by atoms with Gasteiger partial charge in [0.1, 0.15) is 5.82 Å². The van der Waals surface area contributed by atoms with Crippen molar-refractivity contribution in [1.29, 1.82) is 0 Å². The van der Waals surface area contributed by atoms with Gasteiger partial charge in [0.05, 0.1) is 6.10 Å². The van der Waals surface area contributed by atoms with Crippen molar-refractivity contribution in [3.05, 3.63) is 35.6 Å². The van der Waals surface area contributed by atoms with E-state index in [-0.39, 0.29) is 5.82 Å². The van der Waals surface area contributed by atoms with Crippen LogP contribution in [0.3, 0.4) is 0 Å². The van der Waals surface area contributed by atoms with Gasteiger partial charge < -0.3 is 10.1 Å². The van der Waals surface area contributed by atoms with Crippen LogP contribution in [-0.4, -0.2) is 43.8 Å². The van der Waals surface area contributed by atoms with E-state index < -0.39 is 0 Å². The molecule has 1 unspecified atom stereocenters. The zero-order chi connectivity index (χ0) is 15.2. The third-order valence-corrected chi connectivity index (χ3v) is 4.76. The summed E-state index contributed by atoms with van der Waals surface area (Å²) in [6.07, 6.45) is 5.17. The second-order valence-corrected chi connectivity index (χ2v) is 6.65. The Morgan fingerprint density at radius 1 is 1.18 bits per heavy atom. The zero-order valence-electron chi connectivity index (χ0n) is 13.3. The molecule has 3 rings (SSSR count). The van der Waals surface area contributed by atoms with Gasteiger partial charge in [-0.2, -0.15) is 0 Å². The molecule has 4 heteroatoms. The third-order valence-electron chi connectivity index (χ3n) is 4.76. The van der Waals surface area contributed by atoms with Crippen molar-refractivity contribution in [1.82, 2.24) is 10.2 Å². The molecule has 1 N–H and O–H groups in total. The fourth-order valence-electron chi connectivity index (χ4n) is 3.60. The molecule has 22 heavy (non-hydrogen) atoms. The lowest BCUT2D eigenvalue weighted by Gasteiger charge is -2.31. The van der Waals surface area contributed by atoms with Crippen LogP contribution in [0.2, 0.25) is 0 Å². The van der Waals surface area contributed by atoms with Crippen molar-refractivity contribution in [2.75, 3.05) is 32.8 Å². The van der Waals surface area contributed by atoms with E-state index in [4.69, 9.17) is 4.74 Å². The average Bonchev–Trinajstić information content (AvgIpc) is 3.01. The van der Waals surface area contributed by atoms with Gasteiger partial charge in [0, 0.05) is 26.2 Å². The number of piperidine rings is 1. The summed E-state index contributed by atoms with van der Waals surface area (Å²) < 4.78 is 19.2. The summed E-state index contributed by atoms with van der Waals surface area (Å²) in [5.74, 6) is 0.604. The number of nitrogens with zero attached hydrogens (tertiary/aromatic N) is 1. The monoisotopic (exact) mass is 306 g/mol. The third kappa shape index (κ3) is 4.77. The Kier molecular flexibility index (Phi) is 5.82. The molecule has 3 nitrogen and oxygen atoms in total. The smallest absolute Gasteiger partial charge is 0.123 e. The molecule has 122 valence electrons. The minimum Gasteiger partial charge on any atom is -0.377 e. The molecule has 0 spiro atoms. The van der Waals surface area contributed by atoms with E-state index in [1.165, 1.54) is 25.3 Å². The highest BCUT2D eigenvalue weighted by molar-refractivity contribution is 5.16. The molecule has 1 atom stereocenters. The fraction of sp³-hybridized carbons (Fsp3) is 0.667. The summed E-state index contributed by atoms with van der Waals surface area (Å²) in [6, 6.07) is 7.00. The Morgan fingerprint density at radius 2 is 2.05 bits per heavy atom. The summed E-state index contributed by atoms with van der Waals surface area (Å²) in [5, 5.41) is 3.43. The quantitative estimate of drug-likeness (QED) is 0.874. The highest BCUT2D eigenvalue weighted by Gasteiger charge is 2.22. The number of rotatable bonds is 6. The average molecular weight is 306 g/mol. The van der Waals surface area contributed by atoms with E-state index in [0.29, 0.717) is 6.10 Å². The number of benzene rings is 1. The molecule has 1 aromatic carbocycles. The maximum atomic E-state index is 13.4. The molecule has 0 radical (unpaired) electrons. The lowest BCUT2D eigenvalue weighted by Crippen LogP contribution is -2.39. The Labute approximate surface area is 132 Å². The first-order valence-electron chi connectivity index (χ1n) is 8.59. The van der Waals surface area contributed by atoms with Crippen LogP contribution in [0, 0.1) is 11.7 Å². The molecule has 2 aliphatic rings. The minimum atomic E-state index is -0.142. The molecule has 2 heterocycles. The molecule has 2 saturated heterocycles. The van der Waals surface area contributed by atoms with Crippen LogP contribution in [0.1, 0.15) is 31.2 Å². The predicted octanol–water partition coefficient (Wildman–Crippen LogP) is 2.81. The van der Waals surface area contributed by atoms with Crippen molar-refractivity contribution < 1.29 is 9.13 Å². The maximum Gasteiger partial charge on any atom is 0.123 e. The summed E-state index contributed by atoms with van der Waals surface area (Å²) in [4.78, 5) is 2.47. The van der Waals surface area contributed by atoms with Gasteiger partial charge in [-0.25, -0.2) is 4.39 Å². The van der Waals surface area contributed by atoms with Gasteiger partial charge in [0.15, 0.2) is 0 Å². The first kappa shape index (κ1) is 15.9. The largest absolute Gasteiger partial charge is 0.377 e. The van der Waals surface area contributed by atoms with Crippen LogP contribution in [0.4, 0.5) is 4.39 Å². The van der Waals surface area contributed by atoms with Crippen LogP contribution in [-0.2, 0) is 11.3 Å². The van der Waals surface area contributed by atoms with E-state index >= 15 is 0 Å². The van der Waals surface area contributed by atoms with Crippen LogP contribution in [0.15, 0.2) is 24.3 Å². The molecule has 0 aliphatic carbocycles. The lowest BCUT2D eigenvalue weighted by molar-refractivity contribution is 0.0623. The van der Waals surface area contributed by atoms with Crippen molar-refractivity contribution in [2.45, 2.75) is 38.3 Å². The zero-order valence-corrected chi connectivity index (χ0v) is 13.3. The summed E-state index contributed by atoms with van der Waals surface area (Å²) >= 11 is 0. The second-order valence-electron chi connectivity index (χ2n) is 6.65. The van der Waals surface area contributed by atoms with E-state index in [0.717, 1.165) is 57.2 Å². The molecular formula is C18H27FN2O. The van der Waals surface area contributed by atoms with E-state index in [2.05, 4.69) is 10.2 Å².